The van der Waals surface area contributed by atoms with Crippen LogP contribution in [-0.4, -0.2) is 29.0 Å². The molecule has 4 rings (SSSR count). The largest absolute Gasteiger partial charge is 0.416 e. The van der Waals surface area contributed by atoms with Gasteiger partial charge in [0.2, 0.25) is 0 Å². The van der Waals surface area contributed by atoms with E-state index in [2.05, 4.69) is 15.6 Å². The Labute approximate surface area is 138 Å². The summed E-state index contributed by atoms with van der Waals surface area (Å²) in [6.45, 7) is 0. The second kappa shape index (κ2) is 5.98. The number of rotatable bonds is 4. The van der Waals surface area contributed by atoms with Crippen LogP contribution in [0.4, 0.5) is 0 Å². The molecule has 2 bridgehead atoms. The van der Waals surface area contributed by atoms with Crippen molar-refractivity contribution in [2.75, 3.05) is 0 Å². The molecule has 0 saturated carbocycles. The van der Waals surface area contributed by atoms with Crippen molar-refractivity contribution in [2.24, 2.45) is 0 Å². The minimum absolute atomic E-state index is 0.00296. The zero-order valence-electron chi connectivity index (χ0n) is 12.9. The Bertz CT molecular complexity index is 793. The fourth-order valence-corrected chi connectivity index (χ4v) is 3.37. The van der Waals surface area contributed by atoms with Gasteiger partial charge in [-0.25, -0.2) is 0 Å². The molecule has 7 nitrogen and oxygen atoms in total. The van der Waals surface area contributed by atoms with E-state index in [9.17, 15) is 4.79 Å². The molecule has 0 spiro atoms. The van der Waals surface area contributed by atoms with Gasteiger partial charge in [0.15, 0.2) is 5.69 Å². The standard InChI is InChI=1S/C17H16N4O3/c18-8-12-9-23-17(20-12)24-13-4-1-10(2-5-13)16(22)21-15-7-11-3-6-14(15)19-11/h1-2,4-5,9,11,14-15,19H,3,6-7H2,(H,21,22)/t11-,14+,15-/m1/s1. The van der Waals surface area contributed by atoms with Gasteiger partial charge in [-0.2, -0.15) is 10.2 Å². The molecule has 2 fully saturated rings. The summed E-state index contributed by atoms with van der Waals surface area (Å²) in [5, 5.41) is 15.3. The van der Waals surface area contributed by atoms with Crippen molar-refractivity contribution in [2.45, 2.75) is 37.4 Å². The first kappa shape index (κ1) is 14.7. The number of carbonyl (C=O) groups excluding carboxylic acids is 1. The predicted octanol–water partition coefficient (Wildman–Crippen LogP) is 1.96. The number of oxazole rings is 1. The molecule has 0 radical (unpaired) electrons. The van der Waals surface area contributed by atoms with Crippen LogP contribution in [0.1, 0.15) is 35.3 Å². The van der Waals surface area contributed by atoms with Gasteiger partial charge in [-0.05, 0) is 43.5 Å². The summed E-state index contributed by atoms with van der Waals surface area (Å²) in [5.41, 5.74) is 0.732. The summed E-state index contributed by atoms with van der Waals surface area (Å²) in [6.07, 6.45) is 4.56. The van der Waals surface area contributed by atoms with Gasteiger partial charge in [-0.3, -0.25) is 4.79 Å². The number of nitrogens with one attached hydrogen (secondary N) is 2. The average Bonchev–Trinajstić information content (AvgIpc) is 3.32. The molecule has 122 valence electrons. The van der Waals surface area contributed by atoms with Gasteiger partial charge >= 0.3 is 6.08 Å². The van der Waals surface area contributed by atoms with Gasteiger partial charge in [0.1, 0.15) is 18.1 Å². The lowest BCUT2D eigenvalue weighted by molar-refractivity contribution is 0.0931. The third-order valence-corrected chi connectivity index (χ3v) is 4.54. The number of benzene rings is 1. The van der Waals surface area contributed by atoms with Gasteiger partial charge < -0.3 is 19.8 Å². The van der Waals surface area contributed by atoms with E-state index in [1.807, 2.05) is 6.07 Å². The molecule has 1 aromatic heterocycles. The molecule has 3 heterocycles. The van der Waals surface area contributed by atoms with Gasteiger partial charge in [-0.15, -0.1) is 0 Å². The van der Waals surface area contributed by atoms with Crippen molar-refractivity contribution in [3.05, 3.63) is 41.8 Å². The Kier molecular flexibility index (Phi) is 3.67. The maximum Gasteiger partial charge on any atom is 0.400 e. The number of hydrogen-bond donors (Lipinski definition) is 2. The zero-order valence-corrected chi connectivity index (χ0v) is 12.9. The Hall–Kier alpha value is -2.85. The van der Waals surface area contributed by atoms with Crippen LogP contribution >= 0.6 is 0 Å². The van der Waals surface area contributed by atoms with E-state index in [-0.39, 0.29) is 23.7 Å². The quantitative estimate of drug-likeness (QED) is 0.892. The zero-order chi connectivity index (χ0) is 16.5. The van der Waals surface area contributed by atoms with E-state index in [1.165, 1.54) is 12.7 Å². The molecule has 0 unspecified atom stereocenters. The summed E-state index contributed by atoms with van der Waals surface area (Å²) in [6, 6.07) is 9.76. The lowest BCUT2D eigenvalue weighted by atomic mass is 9.95. The molecule has 2 N–H and O–H groups in total. The highest BCUT2D eigenvalue weighted by Crippen LogP contribution is 2.28. The monoisotopic (exact) mass is 324 g/mol. The molecule has 2 aromatic rings. The number of nitrogens with zero attached hydrogens (tertiary/aromatic N) is 2. The summed E-state index contributed by atoms with van der Waals surface area (Å²) in [5.74, 6) is 0.406. The van der Waals surface area contributed by atoms with Crippen LogP contribution in [0.3, 0.4) is 0 Å². The minimum atomic E-state index is -0.0798. The van der Waals surface area contributed by atoms with E-state index >= 15 is 0 Å². The molecule has 1 amide bonds. The third-order valence-electron chi connectivity index (χ3n) is 4.54. The molecular weight excluding hydrogens is 308 g/mol. The second-order valence-electron chi connectivity index (χ2n) is 6.10. The lowest BCUT2D eigenvalue weighted by Gasteiger charge is -2.21. The summed E-state index contributed by atoms with van der Waals surface area (Å²) in [4.78, 5) is 16.2. The molecule has 2 aliphatic heterocycles. The third kappa shape index (κ3) is 2.84. The van der Waals surface area contributed by atoms with E-state index < -0.39 is 0 Å². The molecular formula is C17H16N4O3. The minimum Gasteiger partial charge on any atom is -0.416 e. The van der Waals surface area contributed by atoms with Crippen LogP contribution in [0.15, 0.2) is 34.9 Å². The van der Waals surface area contributed by atoms with Crippen molar-refractivity contribution in [3.8, 4) is 17.9 Å². The van der Waals surface area contributed by atoms with Gasteiger partial charge in [0.05, 0.1) is 0 Å². The number of aromatic nitrogens is 1. The highest BCUT2D eigenvalue weighted by atomic mass is 16.6. The smallest absolute Gasteiger partial charge is 0.400 e. The topological polar surface area (TPSA) is 100 Å². The first-order valence-electron chi connectivity index (χ1n) is 7.92. The highest BCUT2D eigenvalue weighted by Gasteiger charge is 2.39. The molecule has 3 atom stereocenters. The van der Waals surface area contributed by atoms with Crippen molar-refractivity contribution >= 4 is 5.91 Å². The average molecular weight is 324 g/mol. The van der Waals surface area contributed by atoms with Gasteiger partial charge in [-0.1, -0.05) is 0 Å². The maximum absolute atomic E-state index is 12.3. The van der Waals surface area contributed by atoms with Crippen molar-refractivity contribution in [3.63, 3.8) is 0 Å². The first-order valence-corrected chi connectivity index (χ1v) is 7.92. The number of hydrogen-bond acceptors (Lipinski definition) is 6. The fourth-order valence-electron chi connectivity index (χ4n) is 3.37. The number of amides is 1. The molecule has 2 saturated heterocycles. The fraction of sp³-hybridized carbons (Fsp3) is 0.353. The van der Waals surface area contributed by atoms with E-state index in [0.717, 1.165) is 12.8 Å². The molecule has 1 aromatic carbocycles. The Morgan fingerprint density at radius 2 is 2.21 bits per heavy atom. The lowest BCUT2D eigenvalue weighted by Crippen LogP contribution is -2.42. The van der Waals surface area contributed by atoms with Crippen LogP contribution in [0, 0.1) is 11.3 Å². The number of fused-ring (bicyclic) bond motifs is 2. The molecule has 2 aliphatic rings. The highest BCUT2D eigenvalue weighted by molar-refractivity contribution is 5.94. The normalized spacial score (nSPS) is 24.5. The number of nitriles is 1. The Morgan fingerprint density at radius 3 is 2.83 bits per heavy atom. The van der Waals surface area contributed by atoms with Crippen LogP contribution in [-0.2, 0) is 0 Å². The van der Waals surface area contributed by atoms with Crippen LogP contribution < -0.4 is 15.4 Å². The first-order chi connectivity index (χ1) is 11.7. The van der Waals surface area contributed by atoms with Crippen molar-refractivity contribution in [1.29, 1.82) is 5.26 Å². The van der Waals surface area contributed by atoms with Crippen LogP contribution in [0.5, 0.6) is 11.8 Å². The van der Waals surface area contributed by atoms with Crippen LogP contribution in [0.2, 0.25) is 0 Å². The second-order valence-corrected chi connectivity index (χ2v) is 6.10. The number of ether oxygens (including phenoxy) is 1. The van der Waals surface area contributed by atoms with Crippen molar-refractivity contribution < 1.29 is 13.9 Å². The molecule has 0 aliphatic carbocycles. The summed E-state index contributed by atoms with van der Waals surface area (Å²) in [7, 11) is 0. The Morgan fingerprint density at radius 1 is 1.38 bits per heavy atom. The van der Waals surface area contributed by atoms with Gasteiger partial charge in [0, 0.05) is 23.7 Å². The van der Waals surface area contributed by atoms with Crippen LogP contribution in [0.25, 0.3) is 0 Å². The van der Waals surface area contributed by atoms with E-state index in [4.69, 9.17) is 14.4 Å². The van der Waals surface area contributed by atoms with Crippen molar-refractivity contribution in [1.82, 2.24) is 15.6 Å². The van der Waals surface area contributed by atoms with E-state index in [1.54, 1.807) is 24.3 Å². The van der Waals surface area contributed by atoms with Gasteiger partial charge in [0.25, 0.3) is 5.91 Å². The summed E-state index contributed by atoms with van der Waals surface area (Å²) < 4.78 is 10.4. The maximum atomic E-state index is 12.3. The SMILES string of the molecule is N#Cc1coc(Oc2ccc(C(=O)N[C@@H]3C[C@H]4CC[C@@H]3N4)cc2)n1. The molecule has 7 heteroatoms. The summed E-state index contributed by atoms with van der Waals surface area (Å²) >= 11 is 0. The number of carbonyl (C=O) groups is 1. The predicted molar refractivity (Wildman–Crippen MR) is 83.6 cm³/mol. The Balaban J connectivity index is 1.38. The van der Waals surface area contributed by atoms with E-state index in [0.29, 0.717) is 23.4 Å². The molecule has 24 heavy (non-hydrogen) atoms.